The largest absolute Gasteiger partial charge is 0.380 e. The van der Waals surface area contributed by atoms with Gasteiger partial charge in [-0.2, -0.15) is 0 Å². The van der Waals surface area contributed by atoms with Crippen LogP contribution in [0.4, 0.5) is 5.69 Å². The normalized spacial score (nSPS) is 17.4. The van der Waals surface area contributed by atoms with Crippen LogP contribution in [0.2, 0.25) is 0 Å². The zero-order valence-corrected chi connectivity index (χ0v) is 17.4. The van der Waals surface area contributed by atoms with Crippen molar-refractivity contribution in [3.8, 4) is 0 Å². The fraction of sp³-hybridized carbons (Fsp3) is 0.500. The average Bonchev–Trinajstić information content (AvgIpc) is 2.66. The number of anilines is 1. The molecule has 4 rings (SSSR count). The average molecular weight is 409 g/mol. The maximum absolute atomic E-state index is 12.6. The van der Waals surface area contributed by atoms with Crippen molar-refractivity contribution in [2.45, 2.75) is 39.2 Å². The Hall–Kier alpha value is -2.71. The van der Waals surface area contributed by atoms with Crippen molar-refractivity contribution >= 4 is 17.4 Å². The van der Waals surface area contributed by atoms with Crippen LogP contribution in [0.1, 0.15) is 54.4 Å². The number of hydrogen-bond donors (Lipinski definition) is 2. The molecule has 3 heterocycles. The summed E-state index contributed by atoms with van der Waals surface area (Å²) < 4.78 is 5.35. The summed E-state index contributed by atoms with van der Waals surface area (Å²) in [5, 5.41) is 5.94. The van der Waals surface area contributed by atoms with E-state index < -0.39 is 0 Å². The molecule has 0 bridgehead atoms. The number of carbonyl (C=O) groups excluding carboxylic acids is 2. The zero-order chi connectivity index (χ0) is 21.1. The van der Waals surface area contributed by atoms with Crippen molar-refractivity contribution in [3.63, 3.8) is 0 Å². The van der Waals surface area contributed by atoms with Gasteiger partial charge in [-0.15, -0.1) is 0 Å². The van der Waals surface area contributed by atoms with Crippen molar-refractivity contribution in [2.75, 3.05) is 25.1 Å². The summed E-state index contributed by atoms with van der Waals surface area (Å²) in [6.45, 7) is 5.90. The SMILES string of the molecule is CC(C)C(=O)c1ncc(C2CC3(COC3)C2)cc1NC(=O)CNCc1ccncn1. The molecular formula is C22H27N5O3. The van der Waals surface area contributed by atoms with Crippen LogP contribution < -0.4 is 10.6 Å². The van der Waals surface area contributed by atoms with Gasteiger partial charge < -0.3 is 15.4 Å². The molecule has 1 aliphatic heterocycles. The lowest BCUT2D eigenvalue weighted by atomic mass is 9.59. The molecule has 0 aromatic carbocycles. The van der Waals surface area contributed by atoms with E-state index in [1.165, 1.54) is 6.33 Å². The fourth-order valence-electron chi connectivity index (χ4n) is 4.04. The van der Waals surface area contributed by atoms with E-state index in [1.54, 1.807) is 18.5 Å². The summed E-state index contributed by atoms with van der Waals surface area (Å²) >= 11 is 0. The van der Waals surface area contributed by atoms with Crippen molar-refractivity contribution in [1.82, 2.24) is 20.3 Å². The van der Waals surface area contributed by atoms with Crippen LogP contribution in [0, 0.1) is 11.3 Å². The number of nitrogens with one attached hydrogen (secondary N) is 2. The van der Waals surface area contributed by atoms with Gasteiger partial charge in [0, 0.05) is 30.3 Å². The smallest absolute Gasteiger partial charge is 0.238 e. The molecule has 1 aliphatic carbocycles. The highest BCUT2D eigenvalue weighted by Crippen LogP contribution is 2.55. The molecule has 2 N–H and O–H groups in total. The van der Waals surface area contributed by atoms with Gasteiger partial charge in [-0.3, -0.25) is 14.6 Å². The number of rotatable bonds is 8. The Labute approximate surface area is 175 Å². The second-order valence-electron chi connectivity index (χ2n) is 8.63. The molecule has 2 aliphatic rings. The van der Waals surface area contributed by atoms with Crippen molar-refractivity contribution < 1.29 is 14.3 Å². The molecule has 0 unspecified atom stereocenters. The molecule has 2 aromatic rings. The first-order chi connectivity index (χ1) is 14.5. The third-order valence-corrected chi connectivity index (χ3v) is 5.82. The predicted molar refractivity (Wildman–Crippen MR) is 111 cm³/mol. The lowest BCUT2D eigenvalue weighted by Gasteiger charge is -2.53. The van der Waals surface area contributed by atoms with Crippen LogP contribution in [0.3, 0.4) is 0 Å². The highest BCUT2D eigenvalue weighted by Gasteiger charge is 2.50. The minimum Gasteiger partial charge on any atom is -0.380 e. The minimum atomic E-state index is -0.224. The van der Waals surface area contributed by atoms with Gasteiger partial charge in [0.1, 0.15) is 12.0 Å². The Morgan fingerprint density at radius 1 is 1.27 bits per heavy atom. The second-order valence-corrected chi connectivity index (χ2v) is 8.63. The number of Topliss-reactive ketones (excluding diaryl/α,β-unsaturated/α-hetero) is 1. The number of ether oxygens (including phenoxy) is 1. The summed E-state index contributed by atoms with van der Waals surface area (Å²) in [5.74, 6) is -0.105. The molecule has 2 aromatic heterocycles. The van der Waals surface area contributed by atoms with Gasteiger partial charge in [0.15, 0.2) is 5.78 Å². The van der Waals surface area contributed by atoms with E-state index in [2.05, 4.69) is 25.6 Å². The standard InChI is InChI=1S/C22H27N5O3/c1-14(2)21(29)20-18(27-19(28)10-24-9-17-3-4-23-13-26-17)5-15(8-25-20)16-6-22(7-16)11-30-12-22/h3-5,8,13-14,16,24H,6-7,9-12H2,1-2H3,(H,27,28). The van der Waals surface area contributed by atoms with Crippen LogP contribution in [-0.4, -0.2) is 46.4 Å². The lowest BCUT2D eigenvalue weighted by Crippen LogP contribution is -2.51. The number of nitrogens with zero attached hydrogens (tertiary/aromatic N) is 3. The number of amides is 1. The van der Waals surface area contributed by atoms with E-state index >= 15 is 0 Å². The lowest BCUT2D eigenvalue weighted by molar-refractivity contribution is -0.164. The van der Waals surface area contributed by atoms with E-state index in [0.717, 1.165) is 37.3 Å². The monoisotopic (exact) mass is 409 g/mol. The molecule has 8 nitrogen and oxygen atoms in total. The number of aromatic nitrogens is 3. The Bertz CT molecular complexity index is 920. The van der Waals surface area contributed by atoms with Crippen LogP contribution in [0.25, 0.3) is 0 Å². The molecule has 30 heavy (non-hydrogen) atoms. The molecule has 8 heteroatoms. The van der Waals surface area contributed by atoms with Gasteiger partial charge in [-0.25, -0.2) is 9.97 Å². The molecular weight excluding hydrogens is 382 g/mol. The molecule has 1 spiro atoms. The summed E-state index contributed by atoms with van der Waals surface area (Å²) in [5.41, 5.74) is 3.02. The molecule has 158 valence electrons. The van der Waals surface area contributed by atoms with Gasteiger partial charge in [0.25, 0.3) is 0 Å². The van der Waals surface area contributed by atoms with E-state index in [4.69, 9.17) is 4.74 Å². The maximum atomic E-state index is 12.6. The topological polar surface area (TPSA) is 106 Å². The van der Waals surface area contributed by atoms with Crippen LogP contribution in [-0.2, 0) is 16.1 Å². The van der Waals surface area contributed by atoms with Gasteiger partial charge in [0.2, 0.25) is 5.91 Å². The second kappa shape index (κ2) is 8.57. The fourth-order valence-corrected chi connectivity index (χ4v) is 4.04. The highest BCUT2D eigenvalue weighted by molar-refractivity contribution is 6.04. The third-order valence-electron chi connectivity index (χ3n) is 5.82. The molecule has 2 fully saturated rings. The Morgan fingerprint density at radius 2 is 2.07 bits per heavy atom. The van der Waals surface area contributed by atoms with Gasteiger partial charge in [-0.1, -0.05) is 13.8 Å². The molecule has 1 amide bonds. The maximum Gasteiger partial charge on any atom is 0.238 e. The highest BCUT2D eigenvalue weighted by atomic mass is 16.5. The van der Waals surface area contributed by atoms with Crippen molar-refractivity contribution in [3.05, 3.63) is 47.8 Å². The van der Waals surface area contributed by atoms with Crippen LogP contribution >= 0.6 is 0 Å². The van der Waals surface area contributed by atoms with Crippen LogP contribution in [0.15, 0.2) is 30.9 Å². The number of ketones is 1. The van der Waals surface area contributed by atoms with Crippen molar-refractivity contribution in [2.24, 2.45) is 11.3 Å². The van der Waals surface area contributed by atoms with Gasteiger partial charge in [-0.05, 0) is 36.5 Å². The molecule has 0 atom stereocenters. The first-order valence-corrected chi connectivity index (χ1v) is 10.3. The molecule has 0 radical (unpaired) electrons. The van der Waals surface area contributed by atoms with Gasteiger partial charge in [0.05, 0.1) is 31.1 Å². The van der Waals surface area contributed by atoms with E-state index in [-0.39, 0.29) is 24.2 Å². The van der Waals surface area contributed by atoms with Gasteiger partial charge >= 0.3 is 0 Å². The quantitative estimate of drug-likeness (QED) is 0.645. The van der Waals surface area contributed by atoms with E-state index in [9.17, 15) is 9.59 Å². The number of hydrogen-bond acceptors (Lipinski definition) is 7. The zero-order valence-electron chi connectivity index (χ0n) is 17.4. The molecule has 1 saturated heterocycles. The third kappa shape index (κ3) is 4.39. The number of pyridine rings is 1. The van der Waals surface area contributed by atoms with Crippen LogP contribution in [0.5, 0.6) is 0 Å². The summed E-state index contributed by atoms with van der Waals surface area (Å²) in [4.78, 5) is 37.6. The Kier molecular flexibility index (Phi) is 5.87. The van der Waals surface area contributed by atoms with Crippen molar-refractivity contribution in [1.29, 1.82) is 0 Å². The minimum absolute atomic E-state index is 0.0803. The summed E-state index contributed by atoms with van der Waals surface area (Å²) in [6.07, 6.45) is 7.06. The Balaban J connectivity index is 1.42. The first kappa shape index (κ1) is 20.6. The van der Waals surface area contributed by atoms with E-state index in [1.807, 2.05) is 19.9 Å². The van der Waals surface area contributed by atoms with E-state index in [0.29, 0.717) is 29.3 Å². The summed E-state index contributed by atoms with van der Waals surface area (Å²) in [7, 11) is 0. The summed E-state index contributed by atoms with van der Waals surface area (Å²) in [6, 6.07) is 3.71. The first-order valence-electron chi connectivity index (χ1n) is 10.3. The number of carbonyl (C=O) groups is 2. The predicted octanol–water partition coefficient (Wildman–Crippen LogP) is 2.33. The molecule has 1 saturated carbocycles. The Morgan fingerprint density at radius 3 is 2.70 bits per heavy atom.